The fraction of sp³-hybridized carbons (Fsp3) is 0.455. The standard InChI is InChI=1S/C22H29N6O8P/c1-12-17(29)15(35-20(12)28-11-24-16-18(28)25-22(23)26-19(16)32-3)10-34-37(31,27-13(2)21(30)33-4)36-14-8-6-5-7-9-14/h5-9,11-13,15,17,20,29H,10H2,1-4H3,(H,27,31)(H2,23,25,26). The third kappa shape index (κ3) is 5.68. The van der Waals surface area contributed by atoms with Crippen LogP contribution >= 0.6 is 7.75 Å². The maximum absolute atomic E-state index is 13.6. The largest absolute Gasteiger partial charge is 0.479 e. The molecule has 0 bridgehead atoms. The van der Waals surface area contributed by atoms with Gasteiger partial charge in [-0.3, -0.25) is 13.9 Å². The van der Waals surface area contributed by atoms with Crippen molar-refractivity contribution < 1.29 is 37.7 Å². The van der Waals surface area contributed by atoms with Crippen molar-refractivity contribution in [3.05, 3.63) is 36.7 Å². The molecule has 1 fully saturated rings. The van der Waals surface area contributed by atoms with Crippen LogP contribution in [-0.2, 0) is 23.4 Å². The van der Waals surface area contributed by atoms with Crippen LogP contribution in [-0.4, -0.2) is 69.7 Å². The van der Waals surface area contributed by atoms with Gasteiger partial charge in [0, 0.05) is 5.92 Å². The lowest BCUT2D eigenvalue weighted by Crippen LogP contribution is -2.36. The summed E-state index contributed by atoms with van der Waals surface area (Å²) in [5, 5.41) is 13.5. The normalized spacial score (nSPS) is 23.9. The number of imidazole rings is 1. The predicted octanol–water partition coefficient (Wildman–Crippen LogP) is 1.67. The fourth-order valence-corrected chi connectivity index (χ4v) is 5.43. The van der Waals surface area contributed by atoms with Gasteiger partial charge in [-0.25, -0.2) is 9.55 Å². The van der Waals surface area contributed by atoms with Crippen LogP contribution in [0.5, 0.6) is 11.6 Å². The number of aliphatic hydroxyl groups excluding tert-OH is 1. The molecular formula is C22H29N6O8P. The van der Waals surface area contributed by atoms with Crippen LogP contribution in [0.2, 0.25) is 0 Å². The second-order valence-corrected chi connectivity index (χ2v) is 10.1. The molecular weight excluding hydrogens is 507 g/mol. The number of nitrogens with zero attached hydrogens (tertiary/aromatic N) is 4. The van der Waals surface area contributed by atoms with Gasteiger partial charge in [0.25, 0.3) is 0 Å². The SMILES string of the molecule is COC(=O)C(C)NP(=O)(OCC1OC(n2cnc3c(OC)nc(N)nc32)C(C)C1O)Oc1ccccc1. The summed E-state index contributed by atoms with van der Waals surface area (Å²) in [4.78, 5) is 24.5. The highest BCUT2D eigenvalue weighted by Crippen LogP contribution is 2.46. The Bertz CT molecular complexity index is 1290. The van der Waals surface area contributed by atoms with E-state index in [1.54, 1.807) is 41.8 Å². The molecule has 0 aliphatic carbocycles. The predicted molar refractivity (Wildman–Crippen MR) is 131 cm³/mol. The monoisotopic (exact) mass is 536 g/mol. The van der Waals surface area contributed by atoms with Crippen molar-refractivity contribution >= 4 is 30.8 Å². The minimum Gasteiger partial charge on any atom is -0.479 e. The van der Waals surface area contributed by atoms with Crippen LogP contribution in [0, 0.1) is 5.92 Å². The van der Waals surface area contributed by atoms with E-state index < -0.39 is 44.1 Å². The third-order valence-corrected chi connectivity index (χ3v) is 7.49. The summed E-state index contributed by atoms with van der Waals surface area (Å²) in [5.74, 6) is -0.649. The molecule has 2 aromatic heterocycles. The molecule has 14 nitrogen and oxygen atoms in total. The first-order valence-corrected chi connectivity index (χ1v) is 12.9. The summed E-state index contributed by atoms with van der Waals surface area (Å²) in [6.45, 7) is 2.92. The van der Waals surface area contributed by atoms with Crippen molar-refractivity contribution in [2.75, 3.05) is 26.6 Å². The first kappa shape index (κ1) is 26.8. The molecule has 6 atom stereocenters. The zero-order valence-electron chi connectivity index (χ0n) is 20.7. The maximum atomic E-state index is 13.6. The number of aromatic nitrogens is 4. The van der Waals surface area contributed by atoms with Crippen LogP contribution in [0.1, 0.15) is 20.1 Å². The number of anilines is 1. The summed E-state index contributed by atoms with van der Waals surface area (Å²) < 4.78 is 42.5. The molecule has 0 radical (unpaired) electrons. The molecule has 6 unspecified atom stereocenters. The molecule has 0 amide bonds. The highest BCUT2D eigenvalue weighted by atomic mass is 31.2. The number of nitrogens with two attached hydrogens (primary N) is 1. The number of esters is 1. The van der Waals surface area contributed by atoms with Crippen molar-refractivity contribution in [2.24, 2.45) is 5.92 Å². The molecule has 15 heteroatoms. The number of ether oxygens (including phenoxy) is 3. The molecule has 1 aliphatic heterocycles. The Morgan fingerprint density at radius 2 is 2.03 bits per heavy atom. The molecule has 1 aromatic carbocycles. The Hall–Kier alpha value is -3.29. The van der Waals surface area contributed by atoms with Crippen LogP contribution in [0.25, 0.3) is 11.2 Å². The van der Waals surface area contributed by atoms with Crippen molar-refractivity contribution in [3.8, 4) is 11.6 Å². The Morgan fingerprint density at radius 1 is 1.30 bits per heavy atom. The Kier molecular flexibility index (Phi) is 7.95. The molecule has 0 saturated carbocycles. The third-order valence-electron chi connectivity index (χ3n) is 5.84. The number of nitrogen functional groups attached to an aromatic ring is 1. The average molecular weight is 536 g/mol. The van der Waals surface area contributed by atoms with E-state index in [1.807, 2.05) is 0 Å². The van der Waals surface area contributed by atoms with E-state index in [4.69, 9.17) is 29.0 Å². The van der Waals surface area contributed by atoms with Crippen molar-refractivity contribution in [3.63, 3.8) is 0 Å². The zero-order chi connectivity index (χ0) is 26.7. The van der Waals surface area contributed by atoms with E-state index in [-0.39, 0.29) is 24.2 Å². The number of benzene rings is 1. The van der Waals surface area contributed by atoms with Crippen LogP contribution in [0.3, 0.4) is 0 Å². The average Bonchev–Trinajstić information content (AvgIpc) is 3.42. The van der Waals surface area contributed by atoms with Crippen molar-refractivity contribution in [1.29, 1.82) is 0 Å². The summed E-state index contributed by atoms with van der Waals surface area (Å²) >= 11 is 0. The number of hydrogen-bond donors (Lipinski definition) is 3. The van der Waals surface area contributed by atoms with Gasteiger partial charge in [-0.2, -0.15) is 15.1 Å². The number of hydrogen-bond acceptors (Lipinski definition) is 12. The fourth-order valence-electron chi connectivity index (χ4n) is 3.93. The second kappa shape index (κ2) is 11.0. The molecule has 4 rings (SSSR count). The lowest BCUT2D eigenvalue weighted by atomic mass is 10.0. The first-order chi connectivity index (χ1) is 17.7. The van der Waals surface area contributed by atoms with Crippen LogP contribution in [0.15, 0.2) is 36.7 Å². The van der Waals surface area contributed by atoms with Crippen LogP contribution < -0.4 is 20.1 Å². The summed E-state index contributed by atoms with van der Waals surface area (Å²) in [5.41, 5.74) is 6.55. The van der Waals surface area contributed by atoms with Gasteiger partial charge in [0.15, 0.2) is 11.2 Å². The minimum absolute atomic E-state index is 0.0121. The van der Waals surface area contributed by atoms with Gasteiger partial charge in [0.05, 0.1) is 33.3 Å². The molecule has 3 aromatic rings. The smallest absolute Gasteiger partial charge is 0.459 e. The van der Waals surface area contributed by atoms with E-state index in [0.29, 0.717) is 11.2 Å². The van der Waals surface area contributed by atoms with Gasteiger partial charge < -0.3 is 29.6 Å². The molecule has 0 spiro atoms. The second-order valence-electron chi connectivity index (χ2n) is 8.40. The minimum atomic E-state index is -4.11. The summed E-state index contributed by atoms with van der Waals surface area (Å²) in [6.07, 6.45) is -1.13. The number of methoxy groups -OCH3 is 2. The van der Waals surface area contributed by atoms with E-state index in [2.05, 4.69) is 20.0 Å². The lowest BCUT2D eigenvalue weighted by molar-refractivity contribution is -0.142. The molecule has 1 saturated heterocycles. The van der Waals surface area contributed by atoms with Gasteiger partial charge in [-0.1, -0.05) is 25.1 Å². The van der Waals surface area contributed by atoms with Gasteiger partial charge in [0.1, 0.15) is 24.1 Å². The molecule has 4 N–H and O–H groups in total. The van der Waals surface area contributed by atoms with Gasteiger partial charge in [-0.05, 0) is 19.1 Å². The Labute approximate surface area is 212 Å². The van der Waals surface area contributed by atoms with E-state index in [9.17, 15) is 14.5 Å². The van der Waals surface area contributed by atoms with Gasteiger partial charge >= 0.3 is 13.7 Å². The number of para-hydroxylation sites is 1. The topological polar surface area (TPSA) is 182 Å². The summed E-state index contributed by atoms with van der Waals surface area (Å²) in [6, 6.07) is 7.33. The number of fused-ring (bicyclic) bond motifs is 1. The quantitative estimate of drug-likeness (QED) is 0.251. The molecule has 1 aliphatic rings. The molecule has 200 valence electrons. The Balaban J connectivity index is 1.53. The van der Waals surface area contributed by atoms with E-state index in [1.165, 1.54) is 27.5 Å². The number of aliphatic hydroxyl groups is 1. The molecule has 37 heavy (non-hydrogen) atoms. The highest BCUT2D eigenvalue weighted by Gasteiger charge is 2.44. The first-order valence-electron chi connectivity index (χ1n) is 11.4. The molecule has 3 heterocycles. The van der Waals surface area contributed by atoms with E-state index >= 15 is 0 Å². The van der Waals surface area contributed by atoms with Crippen LogP contribution in [0.4, 0.5) is 5.95 Å². The number of carbonyl (C=O) groups excluding carboxylic acids is 1. The van der Waals surface area contributed by atoms with E-state index in [0.717, 1.165) is 0 Å². The number of rotatable bonds is 10. The lowest BCUT2D eigenvalue weighted by Gasteiger charge is -2.24. The van der Waals surface area contributed by atoms with Gasteiger partial charge in [0.2, 0.25) is 11.8 Å². The van der Waals surface area contributed by atoms with Gasteiger partial charge in [-0.15, -0.1) is 0 Å². The summed E-state index contributed by atoms with van der Waals surface area (Å²) in [7, 11) is -1.46. The Morgan fingerprint density at radius 3 is 2.70 bits per heavy atom. The van der Waals surface area contributed by atoms with Crippen molar-refractivity contribution in [2.45, 2.75) is 38.3 Å². The maximum Gasteiger partial charge on any atom is 0.459 e. The highest BCUT2D eigenvalue weighted by molar-refractivity contribution is 7.52. The number of nitrogens with one attached hydrogen (secondary N) is 1. The van der Waals surface area contributed by atoms with Crippen molar-refractivity contribution in [1.82, 2.24) is 24.6 Å². The zero-order valence-corrected chi connectivity index (χ0v) is 21.6. The number of carbonyl (C=O) groups is 1.